The monoisotopic (exact) mass is 486 g/mol. The molecular formula is C29H34N4O3. The number of para-hydroxylation sites is 2. The van der Waals surface area contributed by atoms with Crippen LogP contribution < -0.4 is 20.3 Å². The lowest BCUT2D eigenvalue weighted by molar-refractivity contribution is -0.120. The molecule has 7 heteroatoms. The molecule has 0 fully saturated rings. The van der Waals surface area contributed by atoms with E-state index in [1.807, 2.05) is 60.5 Å². The van der Waals surface area contributed by atoms with E-state index in [1.165, 1.54) is 0 Å². The van der Waals surface area contributed by atoms with Crippen molar-refractivity contribution < 1.29 is 14.3 Å². The van der Waals surface area contributed by atoms with E-state index < -0.39 is 0 Å². The number of ether oxygens (including phenoxy) is 1. The van der Waals surface area contributed by atoms with E-state index in [0.717, 1.165) is 51.3 Å². The summed E-state index contributed by atoms with van der Waals surface area (Å²) in [4.78, 5) is 31.7. The van der Waals surface area contributed by atoms with Crippen molar-refractivity contribution in [2.24, 2.45) is 5.41 Å². The van der Waals surface area contributed by atoms with E-state index in [9.17, 15) is 9.59 Å². The van der Waals surface area contributed by atoms with Crippen LogP contribution in [0.3, 0.4) is 0 Å². The number of aromatic amines is 1. The number of anilines is 2. The number of ketones is 1. The summed E-state index contributed by atoms with van der Waals surface area (Å²) >= 11 is 0. The molecule has 0 saturated heterocycles. The maximum absolute atomic E-state index is 13.2. The third kappa shape index (κ3) is 4.57. The van der Waals surface area contributed by atoms with Crippen molar-refractivity contribution in [2.45, 2.75) is 46.1 Å². The zero-order valence-electron chi connectivity index (χ0n) is 21.4. The van der Waals surface area contributed by atoms with Gasteiger partial charge in [-0.25, -0.2) is 0 Å². The first-order valence-electron chi connectivity index (χ1n) is 12.6. The molecule has 2 aliphatic rings. The van der Waals surface area contributed by atoms with Crippen LogP contribution in [0.25, 0.3) is 10.9 Å². The number of allylic oxidation sites excluding steroid dienone is 1. The van der Waals surface area contributed by atoms with Crippen molar-refractivity contribution in [1.29, 1.82) is 0 Å². The van der Waals surface area contributed by atoms with Gasteiger partial charge in [0.1, 0.15) is 5.75 Å². The number of methoxy groups -OCH3 is 1. The molecular weight excluding hydrogens is 452 g/mol. The van der Waals surface area contributed by atoms with Gasteiger partial charge >= 0.3 is 0 Å². The molecule has 2 heterocycles. The van der Waals surface area contributed by atoms with Gasteiger partial charge in [0.2, 0.25) is 5.91 Å². The fraction of sp³-hybridized carbons (Fsp3) is 0.379. The SMILES string of the molecule is COc1ccc2[nH]cc(CCNC(=O)CN3c4ccccc4NC4=C(C(=O)CC(C)(C)C4)C3C)c2c1. The second kappa shape index (κ2) is 9.37. The molecule has 1 aromatic heterocycles. The maximum Gasteiger partial charge on any atom is 0.239 e. The molecule has 1 aliphatic heterocycles. The molecule has 2 aromatic carbocycles. The van der Waals surface area contributed by atoms with Crippen molar-refractivity contribution in [2.75, 3.05) is 30.4 Å². The molecule has 1 aliphatic carbocycles. The number of Topliss-reactive ketones (excluding diaryl/α,β-unsaturated/α-hetero) is 1. The van der Waals surface area contributed by atoms with Crippen molar-refractivity contribution in [3.63, 3.8) is 0 Å². The van der Waals surface area contributed by atoms with Crippen LogP contribution in [0.15, 0.2) is 59.9 Å². The first-order chi connectivity index (χ1) is 17.3. The Bertz CT molecular complexity index is 1350. The molecule has 0 radical (unpaired) electrons. The van der Waals surface area contributed by atoms with Crippen molar-refractivity contribution in [3.8, 4) is 5.75 Å². The van der Waals surface area contributed by atoms with Gasteiger partial charge in [0, 0.05) is 41.3 Å². The van der Waals surface area contributed by atoms with Gasteiger partial charge < -0.3 is 25.3 Å². The summed E-state index contributed by atoms with van der Waals surface area (Å²) in [5, 5.41) is 7.72. The number of hydrogen-bond donors (Lipinski definition) is 3. The predicted molar refractivity (Wildman–Crippen MR) is 143 cm³/mol. The summed E-state index contributed by atoms with van der Waals surface area (Å²) in [5.41, 5.74) is 5.73. The highest BCUT2D eigenvalue weighted by molar-refractivity contribution is 6.01. The first kappa shape index (κ1) is 24.0. The van der Waals surface area contributed by atoms with Crippen LogP contribution in [-0.4, -0.2) is 42.9 Å². The summed E-state index contributed by atoms with van der Waals surface area (Å²) in [6.07, 6.45) is 4.01. The van der Waals surface area contributed by atoms with Crippen LogP contribution in [0.4, 0.5) is 11.4 Å². The number of nitrogens with zero attached hydrogens (tertiary/aromatic N) is 1. The van der Waals surface area contributed by atoms with Crippen LogP contribution >= 0.6 is 0 Å². The Hall–Kier alpha value is -3.74. The van der Waals surface area contributed by atoms with Crippen molar-refractivity contribution >= 4 is 34.0 Å². The number of aromatic nitrogens is 1. The van der Waals surface area contributed by atoms with E-state index in [2.05, 4.69) is 29.5 Å². The van der Waals surface area contributed by atoms with Crippen LogP contribution in [0.1, 0.15) is 39.2 Å². The van der Waals surface area contributed by atoms with Gasteiger partial charge in [-0.2, -0.15) is 0 Å². The van der Waals surface area contributed by atoms with Gasteiger partial charge in [0.05, 0.1) is 31.1 Å². The molecule has 0 saturated carbocycles. The zero-order chi connectivity index (χ0) is 25.4. The number of benzene rings is 2. The second-order valence-electron chi connectivity index (χ2n) is 10.6. The van der Waals surface area contributed by atoms with Gasteiger partial charge in [-0.1, -0.05) is 26.0 Å². The first-order valence-corrected chi connectivity index (χ1v) is 12.6. The Morgan fingerprint density at radius 2 is 2.00 bits per heavy atom. The third-order valence-electron chi connectivity index (χ3n) is 7.31. The minimum Gasteiger partial charge on any atom is -0.497 e. The maximum atomic E-state index is 13.2. The van der Waals surface area contributed by atoms with E-state index in [4.69, 9.17) is 4.74 Å². The molecule has 0 bridgehead atoms. The minimum absolute atomic E-state index is 0.0679. The van der Waals surface area contributed by atoms with E-state index in [1.54, 1.807) is 7.11 Å². The topological polar surface area (TPSA) is 86.5 Å². The van der Waals surface area contributed by atoms with E-state index >= 15 is 0 Å². The molecule has 0 spiro atoms. The molecule has 3 aromatic rings. The fourth-order valence-electron chi connectivity index (χ4n) is 5.55. The Morgan fingerprint density at radius 3 is 2.81 bits per heavy atom. The van der Waals surface area contributed by atoms with E-state index in [-0.39, 0.29) is 29.7 Å². The highest BCUT2D eigenvalue weighted by Crippen LogP contribution is 2.43. The molecule has 7 nitrogen and oxygen atoms in total. The smallest absolute Gasteiger partial charge is 0.239 e. The summed E-state index contributed by atoms with van der Waals surface area (Å²) in [5.74, 6) is 0.903. The lowest BCUT2D eigenvalue weighted by atomic mass is 9.74. The number of carbonyl (C=O) groups is 2. The summed E-state index contributed by atoms with van der Waals surface area (Å²) in [6, 6.07) is 13.7. The Balaban J connectivity index is 1.32. The van der Waals surface area contributed by atoms with Gasteiger partial charge in [-0.3, -0.25) is 9.59 Å². The van der Waals surface area contributed by atoms with Crippen LogP contribution in [-0.2, 0) is 16.0 Å². The Kier molecular flexibility index (Phi) is 6.24. The summed E-state index contributed by atoms with van der Waals surface area (Å²) in [6.45, 7) is 6.99. The summed E-state index contributed by atoms with van der Waals surface area (Å²) in [7, 11) is 1.66. The second-order valence-corrected chi connectivity index (χ2v) is 10.6. The molecule has 5 rings (SSSR count). The lowest BCUT2D eigenvalue weighted by Crippen LogP contribution is -2.45. The molecule has 188 valence electrons. The predicted octanol–water partition coefficient (Wildman–Crippen LogP) is 4.80. The normalized spacial score (nSPS) is 18.8. The zero-order valence-corrected chi connectivity index (χ0v) is 21.4. The van der Waals surface area contributed by atoms with Gasteiger partial charge in [0.25, 0.3) is 0 Å². The van der Waals surface area contributed by atoms with Crippen molar-refractivity contribution in [1.82, 2.24) is 10.3 Å². The number of fused-ring (bicyclic) bond motifs is 2. The summed E-state index contributed by atoms with van der Waals surface area (Å²) < 4.78 is 5.36. The minimum atomic E-state index is -0.202. The molecule has 1 atom stereocenters. The fourth-order valence-corrected chi connectivity index (χ4v) is 5.55. The number of rotatable bonds is 6. The van der Waals surface area contributed by atoms with E-state index in [0.29, 0.717) is 19.4 Å². The average Bonchev–Trinajstić information content (AvgIpc) is 3.19. The Labute approximate surface area is 211 Å². The quantitative estimate of drug-likeness (QED) is 0.466. The Morgan fingerprint density at radius 1 is 1.19 bits per heavy atom. The third-order valence-corrected chi connectivity index (χ3v) is 7.31. The van der Waals surface area contributed by atoms with Crippen LogP contribution in [0, 0.1) is 5.41 Å². The highest BCUT2D eigenvalue weighted by atomic mass is 16.5. The lowest BCUT2D eigenvalue weighted by Gasteiger charge is -2.36. The largest absolute Gasteiger partial charge is 0.497 e. The molecule has 1 amide bonds. The van der Waals surface area contributed by atoms with Gasteiger partial charge in [-0.05, 0) is 61.1 Å². The average molecular weight is 487 g/mol. The molecule has 36 heavy (non-hydrogen) atoms. The number of hydrogen-bond acceptors (Lipinski definition) is 5. The molecule has 1 unspecified atom stereocenters. The van der Waals surface area contributed by atoms with Crippen LogP contribution in [0.2, 0.25) is 0 Å². The van der Waals surface area contributed by atoms with Gasteiger partial charge in [0.15, 0.2) is 5.78 Å². The molecule has 3 N–H and O–H groups in total. The number of amides is 1. The van der Waals surface area contributed by atoms with Gasteiger partial charge in [-0.15, -0.1) is 0 Å². The number of H-pyrrole nitrogens is 1. The highest BCUT2D eigenvalue weighted by Gasteiger charge is 2.39. The van der Waals surface area contributed by atoms with Crippen LogP contribution in [0.5, 0.6) is 5.75 Å². The standard InChI is InChI=1S/C29H34N4O3/c1-18-28-24(14-29(2,3)15-26(28)34)32-23-7-5-6-8-25(23)33(18)17-27(35)30-12-11-19-16-31-22-10-9-20(36-4)13-21(19)22/h5-10,13,16,18,31-32H,11-12,14-15,17H2,1-4H3,(H,30,35). The number of carbonyl (C=O) groups excluding carboxylic acids is 2. The van der Waals surface area contributed by atoms with Crippen molar-refractivity contribution in [3.05, 3.63) is 65.5 Å². The number of nitrogens with one attached hydrogen (secondary N) is 3.